The van der Waals surface area contributed by atoms with Crippen molar-refractivity contribution >= 4 is 39.9 Å². The van der Waals surface area contributed by atoms with E-state index in [1.54, 1.807) is 6.20 Å². The molecule has 0 radical (unpaired) electrons. The van der Waals surface area contributed by atoms with E-state index in [-0.39, 0.29) is 5.92 Å². The van der Waals surface area contributed by atoms with Crippen molar-refractivity contribution in [1.82, 2.24) is 20.2 Å². The first-order chi connectivity index (χ1) is 17.7. The topological polar surface area (TPSA) is 111 Å². The van der Waals surface area contributed by atoms with E-state index < -0.39 is 11.7 Å². The summed E-state index contributed by atoms with van der Waals surface area (Å²) in [7, 11) is 0. The number of H-pyrrole nitrogens is 1. The number of hydrogen-bond acceptors (Lipinski definition) is 7. The van der Waals surface area contributed by atoms with Gasteiger partial charge < -0.3 is 14.7 Å². The zero-order valence-corrected chi connectivity index (χ0v) is 22.2. The maximum atomic E-state index is 10.4. The Labute approximate surface area is 224 Å². The van der Waals surface area contributed by atoms with Crippen LogP contribution in [0.4, 0.5) is 5.82 Å². The normalized spacial score (nSPS) is 16.7. The van der Waals surface area contributed by atoms with Crippen LogP contribution in [0.15, 0.2) is 42.9 Å². The van der Waals surface area contributed by atoms with E-state index in [9.17, 15) is 10.4 Å². The minimum absolute atomic E-state index is 0.119. The quantitative estimate of drug-likeness (QED) is 0.313. The van der Waals surface area contributed by atoms with Gasteiger partial charge in [0.05, 0.1) is 26.7 Å². The number of aromatic amines is 1. The van der Waals surface area contributed by atoms with Gasteiger partial charge in [-0.05, 0) is 51.5 Å². The fourth-order valence-corrected chi connectivity index (χ4v) is 5.48. The number of nitrogens with one attached hydrogen (secondary N) is 1. The Morgan fingerprint density at radius 2 is 1.97 bits per heavy atom. The molecule has 0 bridgehead atoms. The lowest BCUT2D eigenvalue weighted by Crippen LogP contribution is -2.33. The van der Waals surface area contributed by atoms with E-state index >= 15 is 0 Å². The van der Waals surface area contributed by atoms with Crippen LogP contribution in [0, 0.1) is 17.2 Å². The monoisotopic (exact) mass is 536 g/mol. The number of nitrogens with zero attached hydrogens (tertiary/aromatic N) is 5. The Morgan fingerprint density at radius 1 is 1.22 bits per heavy atom. The van der Waals surface area contributed by atoms with Crippen molar-refractivity contribution in [3.05, 3.63) is 64.0 Å². The molecule has 0 aliphatic carbocycles. The van der Waals surface area contributed by atoms with Crippen LogP contribution in [0.2, 0.25) is 10.0 Å². The summed E-state index contributed by atoms with van der Waals surface area (Å²) >= 11 is 12.6. The van der Waals surface area contributed by atoms with E-state index in [2.05, 4.69) is 31.1 Å². The van der Waals surface area contributed by atoms with Crippen LogP contribution >= 0.6 is 23.2 Å². The summed E-state index contributed by atoms with van der Waals surface area (Å²) in [4.78, 5) is 10.7. The number of anilines is 1. The maximum Gasteiger partial charge on any atom is 0.146 e. The number of rotatable bonds is 6. The minimum Gasteiger partial charge on any atom is -0.486 e. The van der Waals surface area contributed by atoms with Crippen LogP contribution in [-0.4, -0.2) is 44.0 Å². The van der Waals surface area contributed by atoms with E-state index in [0.29, 0.717) is 45.0 Å². The van der Waals surface area contributed by atoms with Crippen LogP contribution in [-0.2, 0) is 0 Å². The van der Waals surface area contributed by atoms with Gasteiger partial charge >= 0.3 is 0 Å². The number of aromatic nitrogens is 4. The first kappa shape index (κ1) is 25.3. The molecule has 1 saturated heterocycles. The van der Waals surface area contributed by atoms with Crippen molar-refractivity contribution in [3.63, 3.8) is 0 Å². The van der Waals surface area contributed by atoms with Crippen molar-refractivity contribution in [2.24, 2.45) is 5.92 Å². The van der Waals surface area contributed by atoms with Crippen LogP contribution in [0.25, 0.3) is 22.2 Å². The molecule has 1 aromatic carbocycles. The molecule has 0 spiro atoms. The summed E-state index contributed by atoms with van der Waals surface area (Å²) in [5, 5.41) is 29.5. The van der Waals surface area contributed by atoms with Gasteiger partial charge in [0.25, 0.3) is 0 Å². The molecule has 4 heterocycles. The van der Waals surface area contributed by atoms with Gasteiger partial charge in [-0.15, -0.1) is 0 Å². The summed E-state index contributed by atoms with van der Waals surface area (Å²) in [5.74, 6) is 1.36. The average Bonchev–Trinajstić information content (AvgIpc) is 3.51. The standard InChI is InChI=1S/C27H26Cl2N6O2/c1-15(24-21(28)12-31-13-22(24)29)37-19-4-5-23-20(9-19)25(34-33-23)17-8-16(10-30)26(32-11-17)35-7-6-18(14-35)27(2,3)36/h4-5,8-9,11-13,15,18,36H,6-7,14H2,1-3H3,(H,33,34)/t15?,18-/m1/s1. The predicted octanol–water partition coefficient (Wildman–Crippen LogP) is 5.94. The van der Waals surface area contributed by atoms with Crippen molar-refractivity contribution in [3.8, 4) is 23.1 Å². The van der Waals surface area contributed by atoms with Gasteiger partial charge in [0.15, 0.2) is 0 Å². The van der Waals surface area contributed by atoms with Gasteiger partial charge in [-0.25, -0.2) is 4.98 Å². The van der Waals surface area contributed by atoms with Crippen LogP contribution in [0.5, 0.6) is 5.75 Å². The lowest BCUT2D eigenvalue weighted by Gasteiger charge is -2.26. The summed E-state index contributed by atoms with van der Waals surface area (Å²) < 4.78 is 6.17. The smallest absolute Gasteiger partial charge is 0.146 e. The SMILES string of the molecule is CC(Oc1ccc2[nH]nc(-c3cnc(N4CC[C@@H](C(C)(C)O)C4)c(C#N)c3)c2c1)c1c(Cl)cncc1Cl. The number of hydrogen-bond donors (Lipinski definition) is 2. The third kappa shape index (κ3) is 4.95. The fraction of sp³-hybridized carbons (Fsp3) is 0.333. The Kier molecular flexibility index (Phi) is 6.71. The highest BCUT2D eigenvalue weighted by Gasteiger charge is 2.34. The molecule has 1 aliphatic rings. The molecule has 2 atom stereocenters. The number of pyridine rings is 2. The molecule has 1 aliphatic heterocycles. The lowest BCUT2D eigenvalue weighted by atomic mass is 9.90. The predicted molar refractivity (Wildman–Crippen MR) is 144 cm³/mol. The Bertz CT molecular complexity index is 1490. The molecule has 190 valence electrons. The van der Waals surface area contributed by atoms with Crippen molar-refractivity contribution in [2.45, 2.75) is 38.9 Å². The number of fused-ring (bicyclic) bond motifs is 1. The lowest BCUT2D eigenvalue weighted by molar-refractivity contribution is 0.0263. The van der Waals surface area contributed by atoms with Crippen LogP contribution in [0.3, 0.4) is 0 Å². The summed E-state index contributed by atoms with van der Waals surface area (Å²) in [6.45, 7) is 6.91. The average molecular weight is 537 g/mol. The van der Waals surface area contributed by atoms with Gasteiger partial charge in [0, 0.05) is 54.1 Å². The highest BCUT2D eigenvalue weighted by molar-refractivity contribution is 6.35. The molecule has 5 rings (SSSR count). The Morgan fingerprint density at radius 3 is 2.65 bits per heavy atom. The van der Waals surface area contributed by atoms with Crippen molar-refractivity contribution in [2.75, 3.05) is 18.0 Å². The molecular formula is C27H26Cl2N6O2. The highest BCUT2D eigenvalue weighted by Crippen LogP contribution is 2.36. The summed E-state index contributed by atoms with van der Waals surface area (Å²) in [6.07, 6.45) is 5.25. The molecule has 4 aromatic rings. The maximum absolute atomic E-state index is 10.4. The van der Waals surface area contributed by atoms with E-state index in [1.807, 2.05) is 45.0 Å². The molecule has 3 aromatic heterocycles. The number of benzene rings is 1. The second-order valence-electron chi connectivity index (χ2n) is 9.85. The molecule has 10 heteroatoms. The molecule has 0 saturated carbocycles. The molecular weight excluding hydrogens is 511 g/mol. The van der Waals surface area contributed by atoms with Gasteiger partial charge in [0.1, 0.15) is 29.4 Å². The fourth-order valence-electron chi connectivity index (χ4n) is 4.81. The third-order valence-corrected chi connectivity index (χ3v) is 7.49. The van der Waals surface area contributed by atoms with E-state index in [0.717, 1.165) is 29.4 Å². The Balaban J connectivity index is 1.44. The Hall–Kier alpha value is -3.38. The largest absolute Gasteiger partial charge is 0.486 e. The summed E-state index contributed by atoms with van der Waals surface area (Å²) in [5.41, 5.74) is 2.56. The van der Waals surface area contributed by atoms with E-state index in [1.165, 1.54) is 12.4 Å². The van der Waals surface area contributed by atoms with Gasteiger partial charge in [-0.3, -0.25) is 10.1 Å². The highest BCUT2D eigenvalue weighted by atomic mass is 35.5. The number of ether oxygens (including phenoxy) is 1. The first-order valence-electron chi connectivity index (χ1n) is 12.0. The van der Waals surface area contributed by atoms with Gasteiger partial charge in [-0.2, -0.15) is 10.4 Å². The second kappa shape index (κ2) is 9.82. The number of halogens is 2. The van der Waals surface area contributed by atoms with Crippen LogP contribution < -0.4 is 9.64 Å². The molecule has 1 unspecified atom stereocenters. The number of aliphatic hydroxyl groups is 1. The molecule has 37 heavy (non-hydrogen) atoms. The molecule has 0 amide bonds. The first-order valence-corrected chi connectivity index (χ1v) is 12.7. The van der Waals surface area contributed by atoms with Crippen LogP contribution in [0.1, 0.15) is 44.4 Å². The minimum atomic E-state index is -0.777. The molecule has 1 fully saturated rings. The zero-order chi connectivity index (χ0) is 26.3. The third-order valence-electron chi connectivity index (χ3n) is 6.89. The summed E-state index contributed by atoms with van der Waals surface area (Å²) in [6, 6.07) is 9.71. The van der Waals surface area contributed by atoms with Crippen molar-refractivity contribution < 1.29 is 9.84 Å². The zero-order valence-electron chi connectivity index (χ0n) is 20.7. The van der Waals surface area contributed by atoms with E-state index in [4.69, 9.17) is 27.9 Å². The van der Waals surface area contributed by atoms with Gasteiger partial charge in [-0.1, -0.05) is 23.2 Å². The molecule has 2 N–H and O–H groups in total. The number of nitriles is 1. The van der Waals surface area contributed by atoms with Gasteiger partial charge in [0.2, 0.25) is 0 Å². The second-order valence-corrected chi connectivity index (χ2v) is 10.7. The van der Waals surface area contributed by atoms with Crippen molar-refractivity contribution in [1.29, 1.82) is 5.26 Å². The molecule has 8 nitrogen and oxygen atoms in total.